The lowest BCUT2D eigenvalue weighted by molar-refractivity contribution is 0.906. The molecule has 9 heavy (non-hydrogen) atoms. The monoisotopic (exact) mass is 164 g/mol. The molecule has 56 valence electrons. The van der Waals surface area contributed by atoms with Gasteiger partial charge in [0.1, 0.15) is 0 Å². The predicted octanol–water partition coefficient (Wildman–Crippen LogP) is 3.58. The van der Waals surface area contributed by atoms with Gasteiger partial charge in [0, 0.05) is 11.5 Å². The van der Waals surface area contributed by atoms with E-state index < -0.39 is 0 Å². The molecule has 1 fully saturated rings. The largest absolute Gasteiger partial charge is 0.0942 e. The highest BCUT2D eigenvalue weighted by molar-refractivity contribution is 8.76. The summed E-state index contributed by atoms with van der Waals surface area (Å²) < 4.78 is 0. The summed E-state index contributed by atoms with van der Waals surface area (Å²) >= 11 is 0. The van der Waals surface area contributed by atoms with Crippen molar-refractivity contribution in [2.45, 2.75) is 33.1 Å². The van der Waals surface area contributed by atoms with E-state index in [0.29, 0.717) is 0 Å². The van der Waals surface area contributed by atoms with E-state index in [4.69, 9.17) is 0 Å². The Bertz CT molecular complexity index is 30.7. The Kier molecular flexibility index (Phi) is 9.38. The number of hydrogen-bond donors (Lipinski definition) is 0. The van der Waals surface area contributed by atoms with Crippen LogP contribution in [0.15, 0.2) is 0 Å². The van der Waals surface area contributed by atoms with Gasteiger partial charge in [-0.2, -0.15) is 0 Å². The number of rotatable bonds is 0. The smallest absolute Gasteiger partial charge is 0.00372 e. The Balaban J connectivity index is 0.000000187. The van der Waals surface area contributed by atoms with Gasteiger partial charge in [-0.05, 0) is 12.8 Å². The minimum absolute atomic E-state index is 1.25. The Labute approximate surface area is 66.6 Å². The summed E-state index contributed by atoms with van der Waals surface area (Å²) in [6.07, 6.45) is 4.13. The van der Waals surface area contributed by atoms with Crippen LogP contribution >= 0.6 is 21.6 Å². The summed E-state index contributed by atoms with van der Waals surface area (Å²) in [6.45, 7) is 4.25. The molecule has 0 N–H and O–H groups in total. The van der Waals surface area contributed by atoms with Crippen LogP contribution in [0.2, 0.25) is 0 Å². The lowest BCUT2D eigenvalue weighted by atomic mass is 10.4. The molecule has 0 unspecified atom stereocenters. The zero-order chi connectivity index (χ0) is 6.95. The Hall–Kier alpha value is 0.700. The Morgan fingerprint density at radius 2 is 1.33 bits per heavy atom. The van der Waals surface area contributed by atoms with Crippen LogP contribution in [0.1, 0.15) is 33.1 Å². The van der Waals surface area contributed by atoms with Gasteiger partial charge in [-0.15, -0.1) is 0 Å². The zero-order valence-electron chi connectivity index (χ0n) is 6.35. The average Bonchev–Trinajstić information content (AvgIpc) is 1.93. The second kappa shape index (κ2) is 8.70. The third kappa shape index (κ3) is 8.70. The van der Waals surface area contributed by atoms with E-state index in [0.717, 1.165) is 0 Å². The van der Waals surface area contributed by atoms with Crippen molar-refractivity contribution >= 4 is 21.6 Å². The molecule has 0 aliphatic carbocycles. The highest BCUT2D eigenvalue weighted by Crippen LogP contribution is 2.28. The van der Waals surface area contributed by atoms with Crippen LogP contribution in [0, 0.1) is 0 Å². The molecule has 1 aliphatic heterocycles. The quantitative estimate of drug-likeness (QED) is 0.502. The molecule has 1 heterocycles. The lowest BCUT2D eigenvalue weighted by Crippen LogP contribution is -1.86. The molecule has 1 aliphatic rings. The summed E-state index contributed by atoms with van der Waals surface area (Å²) in [5, 5.41) is 0. The molecule has 0 aromatic heterocycles. The van der Waals surface area contributed by atoms with Gasteiger partial charge >= 0.3 is 0 Å². The fraction of sp³-hybridized carbons (Fsp3) is 1.00. The maximum atomic E-state index is 2.12. The van der Waals surface area contributed by atoms with Crippen LogP contribution in [0.5, 0.6) is 0 Å². The third-order valence-electron chi connectivity index (χ3n) is 0.789. The maximum Gasteiger partial charge on any atom is 0.00372 e. The molecular formula is C7H16S2. The van der Waals surface area contributed by atoms with Crippen molar-refractivity contribution in [1.82, 2.24) is 0 Å². The first kappa shape index (κ1) is 9.70. The average molecular weight is 164 g/mol. The van der Waals surface area contributed by atoms with Gasteiger partial charge in [0.2, 0.25) is 0 Å². The predicted molar refractivity (Wildman–Crippen MR) is 50.1 cm³/mol. The molecule has 0 aromatic rings. The second-order valence-electron chi connectivity index (χ2n) is 2.06. The first-order chi connectivity index (χ1) is 4.41. The summed E-state index contributed by atoms with van der Waals surface area (Å²) in [6, 6.07) is 0. The molecule has 1 rings (SSSR count). The van der Waals surface area contributed by atoms with E-state index in [1.54, 1.807) is 0 Å². The standard InChI is InChI=1S/C4H8S2.C3H8/c1-2-4-6-5-3-1;1-3-2/h1-4H2;3H2,1-2H3. The number of hydrogen-bond acceptors (Lipinski definition) is 2. The van der Waals surface area contributed by atoms with Crippen LogP contribution in [0.3, 0.4) is 0 Å². The van der Waals surface area contributed by atoms with E-state index in [2.05, 4.69) is 13.8 Å². The molecule has 0 radical (unpaired) electrons. The maximum absolute atomic E-state index is 2.12. The molecule has 0 aromatic carbocycles. The van der Waals surface area contributed by atoms with E-state index >= 15 is 0 Å². The SMILES string of the molecule is C1CCSSC1.CCC. The van der Waals surface area contributed by atoms with Crippen molar-refractivity contribution in [1.29, 1.82) is 0 Å². The van der Waals surface area contributed by atoms with Crippen LogP contribution in [0.25, 0.3) is 0 Å². The van der Waals surface area contributed by atoms with Crippen molar-refractivity contribution < 1.29 is 0 Å². The molecule has 0 amide bonds. The molecule has 2 heteroatoms. The fourth-order valence-corrected chi connectivity index (χ4v) is 2.73. The summed E-state index contributed by atoms with van der Waals surface area (Å²) in [4.78, 5) is 0. The molecule has 0 bridgehead atoms. The summed E-state index contributed by atoms with van der Waals surface area (Å²) in [5.41, 5.74) is 0. The summed E-state index contributed by atoms with van der Waals surface area (Å²) in [5.74, 6) is 2.76. The van der Waals surface area contributed by atoms with Crippen LogP contribution in [-0.4, -0.2) is 11.5 Å². The minimum Gasteiger partial charge on any atom is -0.0942 e. The topological polar surface area (TPSA) is 0 Å². The molecule has 0 spiro atoms. The van der Waals surface area contributed by atoms with E-state index in [1.165, 1.54) is 30.8 Å². The molecule has 0 atom stereocenters. The Morgan fingerprint density at radius 1 is 1.00 bits per heavy atom. The highest BCUT2D eigenvalue weighted by atomic mass is 33.1. The van der Waals surface area contributed by atoms with Gasteiger partial charge in [-0.25, -0.2) is 0 Å². The molecule has 0 nitrogen and oxygen atoms in total. The summed E-state index contributed by atoms with van der Waals surface area (Å²) in [7, 11) is 4.02. The van der Waals surface area contributed by atoms with Crippen molar-refractivity contribution in [2.24, 2.45) is 0 Å². The van der Waals surface area contributed by atoms with E-state index in [1.807, 2.05) is 21.6 Å². The molecule has 0 saturated carbocycles. The van der Waals surface area contributed by atoms with Crippen molar-refractivity contribution in [2.75, 3.05) is 11.5 Å². The van der Waals surface area contributed by atoms with Crippen LogP contribution in [0.4, 0.5) is 0 Å². The first-order valence-electron chi connectivity index (χ1n) is 3.66. The third-order valence-corrected chi connectivity index (χ3v) is 3.37. The van der Waals surface area contributed by atoms with Crippen LogP contribution < -0.4 is 0 Å². The molecule has 1 saturated heterocycles. The Morgan fingerprint density at radius 3 is 1.44 bits per heavy atom. The van der Waals surface area contributed by atoms with Crippen molar-refractivity contribution in [3.8, 4) is 0 Å². The molecular weight excluding hydrogens is 148 g/mol. The van der Waals surface area contributed by atoms with Crippen molar-refractivity contribution in [3.63, 3.8) is 0 Å². The minimum atomic E-state index is 1.25. The fourth-order valence-electron chi connectivity index (χ4n) is 0.440. The first-order valence-corrected chi connectivity index (χ1v) is 6.15. The van der Waals surface area contributed by atoms with Gasteiger partial charge in [-0.1, -0.05) is 41.9 Å². The normalized spacial score (nSPS) is 18.0. The van der Waals surface area contributed by atoms with Crippen molar-refractivity contribution in [3.05, 3.63) is 0 Å². The second-order valence-corrected chi connectivity index (χ2v) is 4.76. The highest BCUT2D eigenvalue weighted by Gasteiger charge is 1.96. The van der Waals surface area contributed by atoms with Gasteiger partial charge in [0.05, 0.1) is 0 Å². The van der Waals surface area contributed by atoms with Gasteiger partial charge in [0.15, 0.2) is 0 Å². The van der Waals surface area contributed by atoms with E-state index in [-0.39, 0.29) is 0 Å². The lowest BCUT2D eigenvalue weighted by Gasteiger charge is -2.04. The van der Waals surface area contributed by atoms with Gasteiger partial charge < -0.3 is 0 Å². The van der Waals surface area contributed by atoms with Gasteiger partial charge in [0.25, 0.3) is 0 Å². The zero-order valence-corrected chi connectivity index (χ0v) is 7.99. The van der Waals surface area contributed by atoms with E-state index in [9.17, 15) is 0 Å². The van der Waals surface area contributed by atoms with Crippen LogP contribution in [-0.2, 0) is 0 Å². The van der Waals surface area contributed by atoms with Gasteiger partial charge in [-0.3, -0.25) is 0 Å².